The first kappa shape index (κ1) is 12.8. The lowest BCUT2D eigenvalue weighted by Gasteiger charge is -2.07. The Hall–Kier alpha value is -1.68. The number of alkyl halides is 1. The van der Waals surface area contributed by atoms with Gasteiger partial charge in [0, 0.05) is 35.8 Å². The summed E-state index contributed by atoms with van der Waals surface area (Å²) in [6, 6.07) is 6.33. The molecular weight excluding hydrogens is 260 g/mol. The number of benzene rings is 1. The predicted octanol–water partition coefficient (Wildman–Crippen LogP) is 4.20. The second-order valence-corrected chi connectivity index (χ2v) is 4.00. The van der Waals surface area contributed by atoms with E-state index < -0.39 is 11.6 Å². The second-order valence-electron chi connectivity index (χ2n) is 3.73. The number of hydrogen-bond donors (Lipinski definition) is 0. The van der Waals surface area contributed by atoms with E-state index in [2.05, 4.69) is 4.98 Å². The number of rotatable bonds is 3. The zero-order valence-electron chi connectivity index (χ0n) is 9.58. The Bertz CT molecular complexity index is 555. The van der Waals surface area contributed by atoms with Gasteiger partial charge in [-0.2, -0.15) is 0 Å². The van der Waals surface area contributed by atoms with E-state index in [1.54, 1.807) is 19.1 Å². The molecule has 1 aromatic heterocycles. The largest absolute Gasteiger partial charge is 0.439 e. The topological polar surface area (TPSA) is 22.1 Å². The Morgan fingerprint density at radius 1 is 1.17 bits per heavy atom. The molecule has 1 heterocycles. The van der Waals surface area contributed by atoms with Gasteiger partial charge < -0.3 is 4.74 Å². The van der Waals surface area contributed by atoms with Crippen LogP contribution in [-0.4, -0.2) is 4.98 Å². The van der Waals surface area contributed by atoms with E-state index >= 15 is 0 Å². The molecule has 18 heavy (non-hydrogen) atoms. The van der Waals surface area contributed by atoms with Crippen molar-refractivity contribution in [2.24, 2.45) is 0 Å². The van der Waals surface area contributed by atoms with Crippen molar-refractivity contribution in [2.75, 3.05) is 0 Å². The van der Waals surface area contributed by atoms with Crippen molar-refractivity contribution < 1.29 is 13.5 Å². The number of nitrogens with zero attached hydrogens (tertiary/aromatic N) is 1. The fraction of sp³-hybridized carbons (Fsp3) is 0.154. The molecule has 94 valence electrons. The van der Waals surface area contributed by atoms with Gasteiger partial charge in [0.25, 0.3) is 0 Å². The van der Waals surface area contributed by atoms with Crippen molar-refractivity contribution in [1.29, 1.82) is 0 Å². The quantitative estimate of drug-likeness (QED) is 0.779. The van der Waals surface area contributed by atoms with Crippen LogP contribution in [0.4, 0.5) is 8.78 Å². The van der Waals surface area contributed by atoms with Crippen molar-refractivity contribution >= 4 is 11.6 Å². The minimum atomic E-state index is -0.695. The molecule has 5 heteroatoms. The summed E-state index contributed by atoms with van der Waals surface area (Å²) in [6.45, 7) is 1.79. The van der Waals surface area contributed by atoms with Crippen LogP contribution in [0.15, 0.2) is 30.3 Å². The molecule has 2 nitrogen and oxygen atoms in total. The van der Waals surface area contributed by atoms with Gasteiger partial charge >= 0.3 is 0 Å². The number of hydrogen-bond acceptors (Lipinski definition) is 2. The minimum absolute atomic E-state index is 0.0676. The maximum atomic E-state index is 13.0. The lowest BCUT2D eigenvalue weighted by molar-refractivity contribution is 0.450. The first-order valence-corrected chi connectivity index (χ1v) is 5.78. The second kappa shape index (κ2) is 5.31. The summed E-state index contributed by atoms with van der Waals surface area (Å²) in [5, 5.41) is 0. The smallest absolute Gasteiger partial charge is 0.219 e. The monoisotopic (exact) mass is 269 g/mol. The van der Waals surface area contributed by atoms with E-state index in [9.17, 15) is 8.78 Å². The summed E-state index contributed by atoms with van der Waals surface area (Å²) < 4.78 is 31.2. The average Bonchev–Trinajstić information content (AvgIpc) is 2.27. The molecule has 0 spiro atoms. The van der Waals surface area contributed by atoms with Gasteiger partial charge in [0.2, 0.25) is 5.88 Å². The minimum Gasteiger partial charge on any atom is -0.439 e. The van der Waals surface area contributed by atoms with Crippen LogP contribution < -0.4 is 4.74 Å². The lowest BCUT2D eigenvalue weighted by atomic mass is 10.2. The van der Waals surface area contributed by atoms with Crippen molar-refractivity contribution in [3.63, 3.8) is 0 Å². The maximum Gasteiger partial charge on any atom is 0.219 e. The highest BCUT2D eigenvalue weighted by atomic mass is 35.5. The highest BCUT2D eigenvalue weighted by molar-refractivity contribution is 6.17. The third kappa shape index (κ3) is 2.96. The summed E-state index contributed by atoms with van der Waals surface area (Å²) in [6.07, 6.45) is 0. The SMILES string of the molecule is Cc1nc(Oc2cc(F)cc(F)c2)ccc1CCl. The van der Waals surface area contributed by atoms with Crippen LogP contribution in [0.2, 0.25) is 0 Å². The summed E-state index contributed by atoms with van der Waals surface area (Å²) in [5.74, 6) is -0.698. The van der Waals surface area contributed by atoms with Crippen molar-refractivity contribution in [3.8, 4) is 11.6 Å². The van der Waals surface area contributed by atoms with E-state index in [1.165, 1.54) is 0 Å². The van der Waals surface area contributed by atoms with Gasteiger partial charge in [0.1, 0.15) is 17.4 Å². The van der Waals surface area contributed by atoms with E-state index in [-0.39, 0.29) is 11.6 Å². The molecule has 0 unspecified atom stereocenters. The molecular formula is C13H10ClF2NO. The van der Waals surface area contributed by atoms with Crippen LogP contribution in [0.25, 0.3) is 0 Å². The Kier molecular flexibility index (Phi) is 3.77. The molecule has 0 aliphatic rings. The average molecular weight is 270 g/mol. The highest BCUT2D eigenvalue weighted by Gasteiger charge is 2.05. The molecule has 0 N–H and O–H groups in total. The molecule has 0 saturated heterocycles. The first-order valence-electron chi connectivity index (χ1n) is 5.25. The third-order valence-electron chi connectivity index (χ3n) is 2.37. The Morgan fingerprint density at radius 3 is 2.39 bits per heavy atom. The van der Waals surface area contributed by atoms with Crippen LogP contribution in [0.3, 0.4) is 0 Å². The molecule has 0 saturated carbocycles. The lowest BCUT2D eigenvalue weighted by Crippen LogP contribution is -1.94. The van der Waals surface area contributed by atoms with E-state index in [4.69, 9.17) is 16.3 Å². The Balaban J connectivity index is 2.25. The molecule has 0 aliphatic heterocycles. The van der Waals surface area contributed by atoms with Crippen LogP contribution in [0, 0.1) is 18.6 Å². The van der Waals surface area contributed by atoms with Gasteiger partial charge in [-0.25, -0.2) is 13.8 Å². The van der Waals surface area contributed by atoms with Crippen LogP contribution in [-0.2, 0) is 5.88 Å². The molecule has 0 radical (unpaired) electrons. The van der Waals surface area contributed by atoms with Gasteiger partial charge in [-0.05, 0) is 12.5 Å². The number of aryl methyl sites for hydroxylation is 1. The zero-order chi connectivity index (χ0) is 13.1. The normalized spacial score (nSPS) is 10.4. The van der Waals surface area contributed by atoms with Crippen LogP contribution in [0.5, 0.6) is 11.6 Å². The number of pyridine rings is 1. The van der Waals surface area contributed by atoms with Crippen molar-refractivity contribution in [3.05, 3.63) is 53.2 Å². The summed E-state index contributed by atoms with van der Waals surface area (Å²) in [7, 11) is 0. The Morgan fingerprint density at radius 2 is 1.83 bits per heavy atom. The molecule has 0 atom stereocenters. The standard InChI is InChI=1S/C13H10ClF2NO/c1-8-9(7-14)2-3-13(17-8)18-12-5-10(15)4-11(16)6-12/h2-6H,7H2,1H3. The summed E-state index contributed by atoms with van der Waals surface area (Å²) in [5.41, 5.74) is 1.61. The van der Waals surface area contributed by atoms with Gasteiger partial charge in [0.05, 0.1) is 0 Å². The maximum absolute atomic E-state index is 13.0. The van der Waals surface area contributed by atoms with E-state index in [0.717, 1.165) is 29.5 Å². The van der Waals surface area contributed by atoms with Gasteiger partial charge in [-0.1, -0.05) is 6.07 Å². The number of aromatic nitrogens is 1. The fourth-order valence-corrected chi connectivity index (χ4v) is 1.76. The zero-order valence-corrected chi connectivity index (χ0v) is 10.3. The molecule has 0 amide bonds. The van der Waals surface area contributed by atoms with Crippen molar-refractivity contribution in [1.82, 2.24) is 4.98 Å². The third-order valence-corrected chi connectivity index (χ3v) is 2.66. The molecule has 0 bridgehead atoms. The molecule has 0 aliphatic carbocycles. The molecule has 2 rings (SSSR count). The fourth-order valence-electron chi connectivity index (χ4n) is 1.47. The summed E-state index contributed by atoms with van der Waals surface area (Å²) in [4.78, 5) is 4.15. The first-order chi connectivity index (χ1) is 8.58. The Labute approximate surface area is 108 Å². The molecule has 0 fully saturated rings. The van der Waals surface area contributed by atoms with Gasteiger partial charge in [-0.3, -0.25) is 0 Å². The number of ether oxygens (including phenoxy) is 1. The predicted molar refractivity (Wildman–Crippen MR) is 65.0 cm³/mol. The van der Waals surface area contributed by atoms with Gasteiger partial charge in [-0.15, -0.1) is 11.6 Å². The van der Waals surface area contributed by atoms with Crippen LogP contribution in [0.1, 0.15) is 11.3 Å². The number of halogens is 3. The van der Waals surface area contributed by atoms with E-state index in [1.807, 2.05) is 0 Å². The van der Waals surface area contributed by atoms with Crippen molar-refractivity contribution in [2.45, 2.75) is 12.8 Å². The van der Waals surface area contributed by atoms with E-state index in [0.29, 0.717) is 5.88 Å². The summed E-state index contributed by atoms with van der Waals surface area (Å²) >= 11 is 5.71. The molecule has 2 aromatic rings. The van der Waals surface area contributed by atoms with Gasteiger partial charge in [0.15, 0.2) is 0 Å². The van der Waals surface area contributed by atoms with Crippen LogP contribution >= 0.6 is 11.6 Å². The molecule has 1 aromatic carbocycles. The highest BCUT2D eigenvalue weighted by Crippen LogP contribution is 2.23.